The molecule has 1 aromatic heterocycles. The van der Waals surface area contributed by atoms with Crippen molar-refractivity contribution in [3.63, 3.8) is 0 Å². The zero-order chi connectivity index (χ0) is 17.8. The molecular weight excluding hydrogens is 331 g/mol. The van der Waals surface area contributed by atoms with Crippen LogP contribution >= 0.6 is 0 Å². The molecule has 1 N–H and O–H groups in total. The predicted molar refractivity (Wildman–Crippen MR) is 85.7 cm³/mol. The van der Waals surface area contributed by atoms with Crippen LogP contribution in [0.5, 0.6) is 0 Å². The molecule has 0 aliphatic heterocycles. The van der Waals surface area contributed by atoms with E-state index in [9.17, 15) is 18.0 Å². The van der Waals surface area contributed by atoms with Crippen molar-refractivity contribution in [2.24, 2.45) is 17.8 Å². The van der Waals surface area contributed by atoms with Gasteiger partial charge < -0.3 is 5.32 Å². The summed E-state index contributed by atoms with van der Waals surface area (Å²) in [6.45, 7) is 1.89. The van der Waals surface area contributed by atoms with Gasteiger partial charge in [-0.25, -0.2) is 0 Å². The molecule has 4 nitrogen and oxygen atoms in total. The molecule has 3 aliphatic carbocycles. The Kier molecular flexibility index (Phi) is 4.07. The summed E-state index contributed by atoms with van der Waals surface area (Å²) in [7, 11) is 0. The summed E-state index contributed by atoms with van der Waals surface area (Å²) in [5.74, 6) is 1.88. The number of amides is 1. The molecule has 7 heteroatoms. The number of hydrogen-bond acceptors (Lipinski definition) is 2. The first-order chi connectivity index (χ1) is 11.8. The molecule has 2 bridgehead atoms. The Morgan fingerprint density at radius 2 is 2.08 bits per heavy atom. The largest absolute Gasteiger partial charge is 0.435 e. The van der Waals surface area contributed by atoms with Gasteiger partial charge in [-0.3, -0.25) is 9.48 Å². The summed E-state index contributed by atoms with van der Waals surface area (Å²) in [6, 6.07) is 1.18. The molecule has 3 saturated carbocycles. The van der Waals surface area contributed by atoms with Gasteiger partial charge in [-0.2, -0.15) is 18.3 Å². The molecule has 0 aromatic carbocycles. The maximum Gasteiger partial charge on any atom is 0.435 e. The van der Waals surface area contributed by atoms with E-state index in [0.717, 1.165) is 24.8 Å². The quantitative estimate of drug-likeness (QED) is 0.875. The highest BCUT2D eigenvalue weighted by Gasteiger charge is 2.42. The number of halogens is 3. The molecule has 0 unspecified atom stereocenters. The van der Waals surface area contributed by atoms with E-state index < -0.39 is 11.9 Å². The third kappa shape index (κ3) is 3.42. The third-order valence-electron chi connectivity index (χ3n) is 6.21. The van der Waals surface area contributed by atoms with Crippen LogP contribution in [0.3, 0.4) is 0 Å². The fourth-order valence-corrected chi connectivity index (χ4v) is 4.85. The highest BCUT2D eigenvalue weighted by Crippen LogP contribution is 2.49. The Morgan fingerprint density at radius 3 is 2.64 bits per heavy atom. The normalized spacial score (nSPS) is 29.8. The van der Waals surface area contributed by atoms with Gasteiger partial charge in [0.05, 0.1) is 0 Å². The van der Waals surface area contributed by atoms with E-state index in [1.54, 1.807) is 0 Å². The van der Waals surface area contributed by atoms with E-state index in [-0.39, 0.29) is 24.4 Å². The van der Waals surface area contributed by atoms with Crippen molar-refractivity contribution >= 4 is 5.91 Å². The number of fused-ring (bicyclic) bond motifs is 2. The highest BCUT2D eigenvalue weighted by atomic mass is 19.4. The average molecular weight is 355 g/mol. The first-order valence-electron chi connectivity index (χ1n) is 9.25. The second-order valence-corrected chi connectivity index (χ2v) is 8.08. The molecule has 0 saturated heterocycles. The molecule has 1 heterocycles. The second kappa shape index (κ2) is 6.02. The summed E-state index contributed by atoms with van der Waals surface area (Å²) in [6.07, 6.45) is 2.25. The maximum atomic E-state index is 12.9. The van der Waals surface area contributed by atoms with E-state index in [0.29, 0.717) is 17.5 Å². The summed E-state index contributed by atoms with van der Waals surface area (Å²) in [5, 5.41) is 6.67. The molecule has 0 spiro atoms. The van der Waals surface area contributed by atoms with Crippen LogP contribution in [0.15, 0.2) is 6.07 Å². The van der Waals surface area contributed by atoms with Gasteiger partial charge in [0.15, 0.2) is 5.69 Å². The minimum Gasteiger partial charge on any atom is -0.352 e. The molecule has 4 rings (SSSR count). The van der Waals surface area contributed by atoms with Gasteiger partial charge in [0.25, 0.3) is 0 Å². The van der Waals surface area contributed by atoms with E-state index in [1.165, 1.54) is 30.4 Å². The third-order valence-corrected chi connectivity index (χ3v) is 6.21. The topological polar surface area (TPSA) is 46.9 Å². The Labute approximate surface area is 145 Å². The minimum atomic E-state index is -4.47. The molecule has 138 valence electrons. The number of nitrogens with one attached hydrogen (secondary N) is 1. The lowest BCUT2D eigenvalue weighted by atomic mass is 9.84. The lowest BCUT2D eigenvalue weighted by Gasteiger charge is -2.28. The van der Waals surface area contributed by atoms with Crippen molar-refractivity contribution in [1.82, 2.24) is 15.1 Å². The van der Waals surface area contributed by atoms with Crippen molar-refractivity contribution in [2.45, 2.75) is 70.1 Å². The number of carbonyl (C=O) groups is 1. The maximum absolute atomic E-state index is 12.9. The summed E-state index contributed by atoms with van der Waals surface area (Å²) >= 11 is 0. The molecule has 1 aromatic rings. The summed E-state index contributed by atoms with van der Waals surface area (Å²) in [4.78, 5) is 12.4. The van der Waals surface area contributed by atoms with Gasteiger partial charge in [-0.15, -0.1) is 0 Å². The zero-order valence-corrected chi connectivity index (χ0v) is 14.4. The van der Waals surface area contributed by atoms with Crippen LogP contribution in [0.1, 0.15) is 62.8 Å². The first kappa shape index (κ1) is 16.9. The van der Waals surface area contributed by atoms with Crippen molar-refractivity contribution in [3.8, 4) is 0 Å². The Hall–Kier alpha value is -1.53. The second-order valence-electron chi connectivity index (χ2n) is 8.08. The van der Waals surface area contributed by atoms with Crippen LogP contribution in [0, 0.1) is 17.8 Å². The SMILES string of the molecule is C[C@H](NC(=O)Cn1nc(C(F)(F)F)cc1C1CC1)[C@H]1C[C@@H]2CC[C@@H]1C2. The van der Waals surface area contributed by atoms with Gasteiger partial charge >= 0.3 is 6.18 Å². The van der Waals surface area contributed by atoms with Crippen molar-refractivity contribution in [1.29, 1.82) is 0 Å². The van der Waals surface area contributed by atoms with Gasteiger partial charge in [0, 0.05) is 17.7 Å². The number of alkyl halides is 3. The van der Waals surface area contributed by atoms with E-state index >= 15 is 0 Å². The zero-order valence-electron chi connectivity index (χ0n) is 14.4. The van der Waals surface area contributed by atoms with Gasteiger partial charge in [-0.05, 0) is 62.8 Å². The van der Waals surface area contributed by atoms with Crippen LogP contribution in [-0.4, -0.2) is 21.7 Å². The number of carbonyl (C=O) groups excluding carboxylic acids is 1. The van der Waals surface area contributed by atoms with Crippen LogP contribution in [-0.2, 0) is 17.5 Å². The van der Waals surface area contributed by atoms with Crippen molar-refractivity contribution < 1.29 is 18.0 Å². The Bertz CT molecular complexity index is 665. The van der Waals surface area contributed by atoms with Crippen LogP contribution in [0.2, 0.25) is 0 Å². The monoisotopic (exact) mass is 355 g/mol. The minimum absolute atomic E-state index is 0.0739. The van der Waals surface area contributed by atoms with Gasteiger partial charge in [0.2, 0.25) is 5.91 Å². The van der Waals surface area contributed by atoms with Crippen LogP contribution in [0.25, 0.3) is 0 Å². The van der Waals surface area contributed by atoms with Gasteiger partial charge in [0.1, 0.15) is 6.54 Å². The molecular formula is C18H24F3N3O. The highest BCUT2D eigenvalue weighted by molar-refractivity contribution is 5.76. The molecule has 25 heavy (non-hydrogen) atoms. The van der Waals surface area contributed by atoms with E-state index in [4.69, 9.17) is 0 Å². The number of aromatic nitrogens is 2. The van der Waals surface area contributed by atoms with E-state index in [2.05, 4.69) is 10.4 Å². The smallest absolute Gasteiger partial charge is 0.352 e. The summed E-state index contributed by atoms with van der Waals surface area (Å²) in [5.41, 5.74) is -0.363. The number of hydrogen-bond donors (Lipinski definition) is 1. The lowest BCUT2D eigenvalue weighted by molar-refractivity contribution is -0.141. The molecule has 1 amide bonds. The van der Waals surface area contributed by atoms with Crippen molar-refractivity contribution in [2.75, 3.05) is 0 Å². The van der Waals surface area contributed by atoms with Crippen LogP contribution < -0.4 is 5.32 Å². The molecule has 3 aliphatic rings. The Balaban J connectivity index is 1.41. The summed E-state index contributed by atoms with van der Waals surface area (Å²) < 4.78 is 40.0. The lowest BCUT2D eigenvalue weighted by Crippen LogP contribution is -2.41. The Morgan fingerprint density at radius 1 is 1.32 bits per heavy atom. The fraction of sp³-hybridized carbons (Fsp3) is 0.778. The predicted octanol–water partition coefficient (Wildman–Crippen LogP) is 3.72. The number of rotatable bonds is 5. The fourth-order valence-electron chi connectivity index (χ4n) is 4.85. The van der Waals surface area contributed by atoms with E-state index in [1.807, 2.05) is 6.92 Å². The first-order valence-corrected chi connectivity index (χ1v) is 9.25. The van der Waals surface area contributed by atoms with Crippen molar-refractivity contribution in [3.05, 3.63) is 17.5 Å². The molecule has 0 radical (unpaired) electrons. The standard InChI is InChI=1S/C18H24F3N3O/c1-10(14-7-11-2-3-13(14)6-11)22-17(25)9-24-15(12-4-5-12)8-16(23-24)18(19,20)21/h8,10-14H,2-7,9H2,1H3,(H,22,25)/t10-,11+,13+,14+/m0/s1. The average Bonchev–Trinajstić information content (AvgIpc) is 2.96. The molecule has 4 atom stereocenters. The van der Waals surface area contributed by atoms with Crippen LogP contribution in [0.4, 0.5) is 13.2 Å². The van der Waals surface area contributed by atoms with Gasteiger partial charge in [-0.1, -0.05) is 6.42 Å². The molecule has 3 fully saturated rings. The number of nitrogens with zero attached hydrogens (tertiary/aromatic N) is 2.